The van der Waals surface area contributed by atoms with E-state index in [1.807, 2.05) is 26.0 Å². The van der Waals surface area contributed by atoms with Gasteiger partial charge in [-0.25, -0.2) is 0 Å². The Labute approximate surface area is 56.2 Å². The monoisotopic (exact) mass is 127 g/mol. The van der Waals surface area contributed by atoms with Crippen molar-refractivity contribution in [2.75, 3.05) is 7.11 Å². The molecule has 9 heavy (non-hydrogen) atoms. The normalized spacial score (nSPS) is 12.6. The van der Waals surface area contributed by atoms with Gasteiger partial charge in [-0.3, -0.25) is 0 Å². The molecule has 0 aromatic carbocycles. The van der Waals surface area contributed by atoms with Gasteiger partial charge in [0.2, 0.25) is 0 Å². The maximum atomic E-state index is 4.58. The number of rotatable bonds is 3. The van der Waals surface area contributed by atoms with E-state index >= 15 is 0 Å². The number of allylic oxidation sites excluding steroid dienone is 2. The molecule has 2 heteroatoms. The molecule has 52 valence electrons. The summed E-state index contributed by atoms with van der Waals surface area (Å²) in [5.41, 5.74) is 0.972. The van der Waals surface area contributed by atoms with Gasteiger partial charge >= 0.3 is 0 Å². The highest BCUT2D eigenvalue weighted by Gasteiger charge is 1.85. The van der Waals surface area contributed by atoms with Crippen LogP contribution in [0.5, 0.6) is 0 Å². The topological polar surface area (TPSA) is 21.6 Å². The van der Waals surface area contributed by atoms with Crippen molar-refractivity contribution in [3.8, 4) is 0 Å². The first-order valence-corrected chi connectivity index (χ1v) is 3.07. The van der Waals surface area contributed by atoms with E-state index in [0.717, 1.165) is 12.1 Å². The standard InChI is InChI=1S/C7H13NO/c1-4-6-7(5-2)8-9-3/h4,6H,5H2,1-3H3/b6-4+,8-7-. The van der Waals surface area contributed by atoms with Crippen LogP contribution in [-0.4, -0.2) is 12.8 Å². The fraction of sp³-hybridized carbons (Fsp3) is 0.571. The molecule has 0 radical (unpaired) electrons. The van der Waals surface area contributed by atoms with Crippen LogP contribution < -0.4 is 0 Å². The Kier molecular flexibility index (Phi) is 4.88. The van der Waals surface area contributed by atoms with Gasteiger partial charge in [0.1, 0.15) is 7.11 Å². The van der Waals surface area contributed by atoms with Gasteiger partial charge in [0.25, 0.3) is 0 Å². The minimum atomic E-state index is 0.915. The van der Waals surface area contributed by atoms with E-state index in [2.05, 4.69) is 9.99 Å². The average molecular weight is 127 g/mol. The summed E-state index contributed by atoms with van der Waals surface area (Å²) in [7, 11) is 1.55. The van der Waals surface area contributed by atoms with E-state index in [1.54, 1.807) is 7.11 Å². The second-order valence-corrected chi connectivity index (χ2v) is 1.62. The zero-order valence-corrected chi connectivity index (χ0v) is 6.22. The van der Waals surface area contributed by atoms with Crippen molar-refractivity contribution in [2.45, 2.75) is 20.3 Å². The second kappa shape index (κ2) is 5.35. The van der Waals surface area contributed by atoms with Gasteiger partial charge in [-0.05, 0) is 19.4 Å². The lowest BCUT2D eigenvalue weighted by molar-refractivity contribution is 0.213. The van der Waals surface area contributed by atoms with Gasteiger partial charge in [-0.15, -0.1) is 0 Å². The Morgan fingerprint density at radius 2 is 2.33 bits per heavy atom. The molecule has 0 bridgehead atoms. The molecular formula is C7H13NO. The van der Waals surface area contributed by atoms with Crippen molar-refractivity contribution < 1.29 is 4.84 Å². The molecule has 0 aliphatic heterocycles. The summed E-state index contributed by atoms with van der Waals surface area (Å²) >= 11 is 0. The van der Waals surface area contributed by atoms with Crippen LogP contribution in [0.1, 0.15) is 20.3 Å². The zero-order chi connectivity index (χ0) is 7.11. The van der Waals surface area contributed by atoms with Crippen molar-refractivity contribution >= 4 is 5.71 Å². The molecule has 0 heterocycles. The van der Waals surface area contributed by atoms with E-state index in [0.29, 0.717) is 0 Å². The largest absolute Gasteiger partial charge is 0.399 e. The van der Waals surface area contributed by atoms with Gasteiger partial charge < -0.3 is 4.84 Å². The summed E-state index contributed by atoms with van der Waals surface area (Å²) in [6, 6.07) is 0. The molecule has 0 spiro atoms. The molecule has 0 fully saturated rings. The summed E-state index contributed by atoms with van der Waals surface area (Å²) in [5.74, 6) is 0. The predicted octanol–water partition coefficient (Wildman–Crippen LogP) is 1.97. The molecule has 0 unspecified atom stereocenters. The van der Waals surface area contributed by atoms with Crippen molar-refractivity contribution in [3.05, 3.63) is 12.2 Å². The van der Waals surface area contributed by atoms with Crippen LogP contribution in [0.15, 0.2) is 17.3 Å². The van der Waals surface area contributed by atoms with Crippen LogP contribution in [-0.2, 0) is 4.84 Å². The molecule has 0 atom stereocenters. The molecular weight excluding hydrogens is 114 g/mol. The maximum Gasteiger partial charge on any atom is 0.106 e. The molecule has 2 nitrogen and oxygen atoms in total. The lowest BCUT2D eigenvalue weighted by Crippen LogP contribution is -1.89. The summed E-state index contributed by atoms with van der Waals surface area (Å²) in [6.07, 6.45) is 4.79. The minimum Gasteiger partial charge on any atom is -0.399 e. The number of hydrogen-bond acceptors (Lipinski definition) is 2. The first-order valence-electron chi connectivity index (χ1n) is 3.07. The molecule has 0 saturated carbocycles. The third-order valence-corrected chi connectivity index (χ3v) is 0.930. The first-order chi connectivity index (χ1) is 4.35. The fourth-order valence-corrected chi connectivity index (χ4v) is 0.522. The molecule has 0 amide bonds. The zero-order valence-electron chi connectivity index (χ0n) is 6.22. The highest BCUT2D eigenvalue weighted by molar-refractivity contribution is 5.94. The van der Waals surface area contributed by atoms with Crippen molar-refractivity contribution in [1.29, 1.82) is 0 Å². The highest BCUT2D eigenvalue weighted by Crippen LogP contribution is 1.88. The van der Waals surface area contributed by atoms with Gasteiger partial charge in [-0.1, -0.05) is 18.2 Å². The fourth-order valence-electron chi connectivity index (χ4n) is 0.522. The van der Waals surface area contributed by atoms with Crippen molar-refractivity contribution in [2.24, 2.45) is 5.16 Å². The summed E-state index contributed by atoms with van der Waals surface area (Å²) < 4.78 is 0. The highest BCUT2D eigenvalue weighted by atomic mass is 16.6. The third-order valence-electron chi connectivity index (χ3n) is 0.930. The van der Waals surface area contributed by atoms with Crippen LogP contribution in [0.25, 0.3) is 0 Å². The summed E-state index contributed by atoms with van der Waals surface area (Å²) in [4.78, 5) is 4.58. The van der Waals surface area contributed by atoms with E-state index in [4.69, 9.17) is 0 Å². The summed E-state index contributed by atoms with van der Waals surface area (Å²) in [6.45, 7) is 4.00. The lowest BCUT2D eigenvalue weighted by Gasteiger charge is -1.91. The van der Waals surface area contributed by atoms with E-state index in [1.165, 1.54) is 0 Å². The first kappa shape index (κ1) is 8.21. The van der Waals surface area contributed by atoms with Crippen molar-refractivity contribution in [1.82, 2.24) is 0 Å². The smallest absolute Gasteiger partial charge is 0.106 e. The Morgan fingerprint density at radius 1 is 1.67 bits per heavy atom. The Bertz CT molecular complexity index is 116. The lowest BCUT2D eigenvalue weighted by atomic mass is 10.3. The van der Waals surface area contributed by atoms with Crippen LogP contribution in [0.2, 0.25) is 0 Å². The number of oxime groups is 1. The SMILES string of the molecule is C/C=C/C(CC)=N\OC. The Morgan fingerprint density at radius 3 is 2.67 bits per heavy atom. The van der Waals surface area contributed by atoms with E-state index < -0.39 is 0 Å². The predicted molar refractivity (Wildman–Crippen MR) is 39.5 cm³/mol. The number of nitrogens with zero attached hydrogens (tertiary/aromatic N) is 1. The van der Waals surface area contributed by atoms with Crippen LogP contribution in [0.4, 0.5) is 0 Å². The molecule has 0 aliphatic carbocycles. The van der Waals surface area contributed by atoms with E-state index in [-0.39, 0.29) is 0 Å². The molecule has 0 aromatic heterocycles. The molecule has 0 saturated heterocycles. The third kappa shape index (κ3) is 3.76. The van der Waals surface area contributed by atoms with Gasteiger partial charge in [0, 0.05) is 0 Å². The number of hydrogen-bond donors (Lipinski definition) is 0. The van der Waals surface area contributed by atoms with Gasteiger partial charge in [0.15, 0.2) is 0 Å². The Hall–Kier alpha value is -0.790. The van der Waals surface area contributed by atoms with Gasteiger partial charge in [0.05, 0.1) is 5.71 Å². The minimum absolute atomic E-state index is 0.915. The van der Waals surface area contributed by atoms with Crippen LogP contribution in [0.3, 0.4) is 0 Å². The maximum absolute atomic E-state index is 4.58. The quantitative estimate of drug-likeness (QED) is 0.419. The van der Waals surface area contributed by atoms with Crippen molar-refractivity contribution in [3.63, 3.8) is 0 Å². The average Bonchev–Trinajstić information content (AvgIpc) is 1.88. The molecule has 0 N–H and O–H groups in total. The van der Waals surface area contributed by atoms with Gasteiger partial charge in [-0.2, -0.15) is 0 Å². The second-order valence-electron chi connectivity index (χ2n) is 1.62. The Balaban J connectivity index is 3.81. The molecule has 0 rings (SSSR count). The molecule has 0 aromatic rings. The van der Waals surface area contributed by atoms with Crippen LogP contribution in [0, 0.1) is 0 Å². The van der Waals surface area contributed by atoms with E-state index in [9.17, 15) is 0 Å². The summed E-state index contributed by atoms with van der Waals surface area (Å²) in [5, 5.41) is 3.76. The van der Waals surface area contributed by atoms with Crippen LogP contribution >= 0.6 is 0 Å². The molecule has 0 aliphatic rings.